The van der Waals surface area contributed by atoms with Gasteiger partial charge in [-0.25, -0.2) is 0 Å². The zero-order valence-corrected chi connectivity index (χ0v) is 11.7. The molecule has 0 radical (unpaired) electrons. The first-order valence-electron chi connectivity index (χ1n) is 5.81. The monoisotopic (exact) mass is 300 g/mol. The van der Waals surface area contributed by atoms with Crippen LogP contribution in [0.2, 0.25) is 0 Å². The lowest BCUT2D eigenvalue weighted by Gasteiger charge is -2.16. The molecule has 0 heterocycles. The summed E-state index contributed by atoms with van der Waals surface area (Å²) in [5.74, 6) is 1.50. The predicted molar refractivity (Wildman–Crippen MR) is 69.7 cm³/mol. The lowest BCUT2D eigenvalue weighted by atomic mass is 10.1. The number of aliphatic hydroxyl groups excluding tert-OH is 1. The minimum absolute atomic E-state index is 0.317. The van der Waals surface area contributed by atoms with E-state index in [4.69, 9.17) is 9.47 Å². The largest absolute Gasteiger partial charge is 0.493 e. The Kier molecular flexibility index (Phi) is 3.94. The highest BCUT2D eigenvalue weighted by Crippen LogP contribution is 2.39. The molecule has 1 aromatic carbocycles. The third kappa shape index (κ3) is 3.36. The van der Waals surface area contributed by atoms with Gasteiger partial charge in [0, 0.05) is 16.5 Å². The Labute approximate surface area is 110 Å². The summed E-state index contributed by atoms with van der Waals surface area (Å²) >= 11 is 3.44. The van der Waals surface area contributed by atoms with Crippen LogP contribution < -0.4 is 9.47 Å². The van der Waals surface area contributed by atoms with Crippen molar-refractivity contribution >= 4 is 15.9 Å². The normalized spacial score (nSPS) is 16.7. The van der Waals surface area contributed by atoms with Gasteiger partial charge in [0.1, 0.15) is 0 Å². The molecular weight excluding hydrogens is 284 g/mol. The Bertz CT molecular complexity index is 400. The Morgan fingerprint density at radius 3 is 2.71 bits per heavy atom. The topological polar surface area (TPSA) is 38.7 Å². The number of rotatable bonds is 5. The van der Waals surface area contributed by atoms with Crippen molar-refractivity contribution in [3.8, 4) is 11.5 Å². The molecule has 1 aliphatic rings. The van der Waals surface area contributed by atoms with E-state index in [1.807, 2.05) is 12.1 Å². The minimum Gasteiger partial charge on any atom is -0.493 e. The average molecular weight is 301 g/mol. The zero-order valence-electron chi connectivity index (χ0n) is 10.1. The van der Waals surface area contributed by atoms with Crippen LogP contribution in [-0.2, 0) is 6.42 Å². The molecule has 1 atom stereocenters. The molecule has 1 aliphatic carbocycles. The molecule has 4 heteroatoms. The number of ether oxygens (including phenoxy) is 2. The van der Waals surface area contributed by atoms with E-state index in [2.05, 4.69) is 15.9 Å². The van der Waals surface area contributed by atoms with Crippen molar-refractivity contribution in [2.45, 2.75) is 38.4 Å². The highest BCUT2D eigenvalue weighted by Gasteiger charge is 2.26. The van der Waals surface area contributed by atoms with Gasteiger partial charge in [-0.2, -0.15) is 0 Å². The summed E-state index contributed by atoms with van der Waals surface area (Å²) < 4.78 is 12.2. The minimum atomic E-state index is -0.393. The van der Waals surface area contributed by atoms with E-state index in [0.29, 0.717) is 12.5 Å². The molecule has 1 fully saturated rings. The SMILES string of the molecule is COc1cc(Br)cc(CC(C)O)c1OC1CC1. The van der Waals surface area contributed by atoms with Crippen molar-refractivity contribution in [3.63, 3.8) is 0 Å². The van der Waals surface area contributed by atoms with E-state index in [9.17, 15) is 5.11 Å². The van der Waals surface area contributed by atoms with Gasteiger partial charge in [-0.05, 0) is 31.9 Å². The van der Waals surface area contributed by atoms with Gasteiger partial charge in [0.2, 0.25) is 0 Å². The van der Waals surface area contributed by atoms with Crippen LogP contribution in [0.5, 0.6) is 11.5 Å². The molecule has 1 N–H and O–H groups in total. The van der Waals surface area contributed by atoms with Crippen LogP contribution in [0.25, 0.3) is 0 Å². The molecule has 17 heavy (non-hydrogen) atoms. The third-order valence-electron chi connectivity index (χ3n) is 2.64. The number of benzene rings is 1. The summed E-state index contributed by atoms with van der Waals surface area (Å²) in [5.41, 5.74) is 0.984. The fourth-order valence-corrected chi connectivity index (χ4v) is 2.21. The second-order valence-electron chi connectivity index (χ2n) is 4.47. The fraction of sp³-hybridized carbons (Fsp3) is 0.538. The molecule has 0 aliphatic heterocycles. The molecule has 1 saturated carbocycles. The first kappa shape index (κ1) is 12.7. The lowest BCUT2D eigenvalue weighted by Crippen LogP contribution is -2.08. The van der Waals surface area contributed by atoms with Crippen LogP contribution in [-0.4, -0.2) is 24.4 Å². The summed E-state index contributed by atoms with van der Waals surface area (Å²) in [6.45, 7) is 1.77. The Hall–Kier alpha value is -0.740. The van der Waals surface area contributed by atoms with Crippen LogP contribution in [0.1, 0.15) is 25.3 Å². The maximum absolute atomic E-state index is 9.52. The summed E-state index contributed by atoms with van der Waals surface area (Å²) in [6.07, 6.45) is 2.70. The average Bonchev–Trinajstić information content (AvgIpc) is 3.04. The molecular formula is C13H17BrO3. The highest BCUT2D eigenvalue weighted by molar-refractivity contribution is 9.10. The first-order valence-corrected chi connectivity index (χ1v) is 6.60. The van der Waals surface area contributed by atoms with E-state index in [-0.39, 0.29) is 0 Å². The van der Waals surface area contributed by atoms with Gasteiger partial charge < -0.3 is 14.6 Å². The van der Waals surface area contributed by atoms with E-state index in [1.54, 1.807) is 14.0 Å². The third-order valence-corrected chi connectivity index (χ3v) is 3.10. The number of hydrogen-bond acceptors (Lipinski definition) is 3. The molecule has 0 aromatic heterocycles. The quantitative estimate of drug-likeness (QED) is 0.909. The van der Waals surface area contributed by atoms with Gasteiger partial charge >= 0.3 is 0 Å². The zero-order chi connectivity index (χ0) is 12.4. The molecule has 2 rings (SSSR count). The van der Waals surface area contributed by atoms with Gasteiger partial charge in [0.15, 0.2) is 11.5 Å². The molecule has 1 unspecified atom stereocenters. The highest BCUT2D eigenvalue weighted by atomic mass is 79.9. The Balaban J connectivity index is 2.33. The van der Waals surface area contributed by atoms with Crippen molar-refractivity contribution in [1.29, 1.82) is 0 Å². The Morgan fingerprint density at radius 1 is 1.47 bits per heavy atom. The molecule has 1 aromatic rings. The van der Waals surface area contributed by atoms with Crippen LogP contribution in [0.15, 0.2) is 16.6 Å². The Morgan fingerprint density at radius 2 is 2.18 bits per heavy atom. The number of halogens is 1. The summed E-state index contributed by atoms with van der Waals surface area (Å²) in [5, 5.41) is 9.52. The molecule has 0 saturated heterocycles. The van der Waals surface area contributed by atoms with E-state index in [1.165, 1.54) is 0 Å². The van der Waals surface area contributed by atoms with E-state index < -0.39 is 6.10 Å². The number of methoxy groups -OCH3 is 1. The number of aliphatic hydroxyl groups is 1. The van der Waals surface area contributed by atoms with Gasteiger partial charge in [-0.3, -0.25) is 0 Å². The maximum atomic E-state index is 9.52. The summed E-state index contributed by atoms with van der Waals surface area (Å²) in [6, 6.07) is 3.87. The van der Waals surface area contributed by atoms with Crippen molar-refractivity contribution in [1.82, 2.24) is 0 Å². The second kappa shape index (κ2) is 5.27. The lowest BCUT2D eigenvalue weighted by molar-refractivity contribution is 0.192. The van der Waals surface area contributed by atoms with Crippen molar-refractivity contribution in [3.05, 3.63) is 22.2 Å². The van der Waals surface area contributed by atoms with Gasteiger partial charge in [0.05, 0.1) is 19.3 Å². The summed E-state index contributed by atoms with van der Waals surface area (Å²) in [7, 11) is 1.63. The van der Waals surface area contributed by atoms with Crippen molar-refractivity contribution in [2.75, 3.05) is 7.11 Å². The van der Waals surface area contributed by atoms with Crippen molar-refractivity contribution < 1.29 is 14.6 Å². The molecule has 94 valence electrons. The summed E-state index contributed by atoms with van der Waals surface area (Å²) in [4.78, 5) is 0. The molecule has 0 amide bonds. The van der Waals surface area contributed by atoms with E-state index in [0.717, 1.165) is 34.4 Å². The van der Waals surface area contributed by atoms with Crippen LogP contribution in [0.3, 0.4) is 0 Å². The first-order chi connectivity index (χ1) is 8.10. The smallest absolute Gasteiger partial charge is 0.164 e. The second-order valence-corrected chi connectivity index (χ2v) is 5.38. The van der Waals surface area contributed by atoms with Gasteiger partial charge in [-0.15, -0.1) is 0 Å². The fourth-order valence-electron chi connectivity index (χ4n) is 1.73. The molecule has 0 spiro atoms. The number of hydrogen-bond donors (Lipinski definition) is 1. The standard InChI is InChI=1S/C13H17BrO3/c1-8(15)5-9-6-10(14)7-12(16-2)13(9)17-11-3-4-11/h6-8,11,15H,3-5H2,1-2H3. The van der Waals surface area contributed by atoms with E-state index >= 15 is 0 Å². The van der Waals surface area contributed by atoms with Gasteiger partial charge in [0.25, 0.3) is 0 Å². The molecule has 0 bridgehead atoms. The van der Waals surface area contributed by atoms with Gasteiger partial charge in [-0.1, -0.05) is 15.9 Å². The van der Waals surface area contributed by atoms with Crippen LogP contribution in [0, 0.1) is 0 Å². The predicted octanol–water partition coefficient (Wildman–Crippen LogP) is 2.92. The maximum Gasteiger partial charge on any atom is 0.164 e. The molecule has 3 nitrogen and oxygen atoms in total. The van der Waals surface area contributed by atoms with Crippen LogP contribution >= 0.6 is 15.9 Å². The van der Waals surface area contributed by atoms with Crippen molar-refractivity contribution in [2.24, 2.45) is 0 Å². The van der Waals surface area contributed by atoms with Crippen LogP contribution in [0.4, 0.5) is 0 Å².